The maximum absolute atomic E-state index is 10.2. The Labute approximate surface area is 200 Å². The molecule has 3 aromatic rings. The number of phenolic OH excluding ortho intramolecular Hbond substituents is 1. The average molecular weight is 459 g/mol. The predicted molar refractivity (Wildman–Crippen MR) is 135 cm³/mol. The number of benzene rings is 1. The minimum Gasteiger partial charge on any atom is -0.507 e. The normalized spacial score (nSPS) is 16.2. The second kappa shape index (κ2) is 10.4. The first-order valence-electron chi connectivity index (χ1n) is 11.3. The van der Waals surface area contributed by atoms with Crippen LogP contribution in [0.15, 0.2) is 42.6 Å². The number of para-hydroxylation sites is 1. The number of hydrogen-bond acceptors (Lipinski definition) is 9. The van der Waals surface area contributed by atoms with Gasteiger partial charge in [0, 0.05) is 37.4 Å². The lowest BCUT2D eigenvalue weighted by Gasteiger charge is -2.28. The number of rotatable bonds is 4. The van der Waals surface area contributed by atoms with Crippen molar-refractivity contribution in [2.75, 3.05) is 55.8 Å². The van der Waals surface area contributed by atoms with E-state index < -0.39 is 0 Å². The molecule has 0 radical (unpaired) electrons. The summed E-state index contributed by atoms with van der Waals surface area (Å²) < 4.78 is 0. The summed E-state index contributed by atoms with van der Waals surface area (Å²) in [6.07, 6.45) is 2.68. The zero-order chi connectivity index (χ0) is 24.1. The molecule has 1 fully saturated rings. The fraction of sp³-hybridized carbons (Fsp3) is 0.360. The minimum absolute atomic E-state index is 0.163. The molecule has 0 bridgehead atoms. The minimum atomic E-state index is 0.163. The van der Waals surface area contributed by atoms with E-state index >= 15 is 0 Å². The van der Waals surface area contributed by atoms with Gasteiger partial charge in [-0.2, -0.15) is 0 Å². The molecule has 4 rings (SSSR count). The summed E-state index contributed by atoms with van der Waals surface area (Å²) in [5.74, 6) is 8.08. The summed E-state index contributed by atoms with van der Waals surface area (Å²) in [5.41, 5.74) is 8.26. The lowest BCUT2D eigenvalue weighted by atomic mass is 10.1. The second-order valence-electron chi connectivity index (χ2n) is 8.61. The molecule has 1 atom stereocenters. The largest absolute Gasteiger partial charge is 0.507 e. The van der Waals surface area contributed by atoms with E-state index in [1.165, 1.54) is 0 Å². The van der Waals surface area contributed by atoms with Crippen molar-refractivity contribution in [1.29, 1.82) is 0 Å². The summed E-state index contributed by atoms with van der Waals surface area (Å²) in [5, 5.41) is 18.6. The third-order valence-corrected chi connectivity index (χ3v) is 5.81. The zero-order valence-electron chi connectivity index (χ0n) is 19.8. The van der Waals surface area contributed by atoms with Crippen molar-refractivity contribution in [2.24, 2.45) is 0 Å². The van der Waals surface area contributed by atoms with Gasteiger partial charge in [-0.05, 0) is 57.6 Å². The van der Waals surface area contributed by atoms with Crippen LogP contribution in [0.1, 0.15) is 19.2 Å². The SMILES string of the molecule is C[C@H]1CCN(c2cc(-c3ccccc3O)nnc2N)CCN1c1ccnc(C#CCN(C)C)n1. The summed E-state index contributed by atoms with van der Waals surface area (Å²) in [4.78, 5) is 15.5. The molecular weight excluding hydrogens is 428 g/mol. The van der Waals surface area contributed by atoms with Crippen molar-refractivity contribution >= 4 is 17.3 Å². The topological polar surface area (TPSA) is 108 Å². The van der Waals surface area contributed by atoms with E-state index in [2.05, 4.69) is 43.7 Å². The monoisotopic (exact) mass is 458 g/mol. The first-order chi connectivity index (χ1) is 16.4. The second-order valence-corrected chi connectivity index (χ2v) is 8.61. The van der Waals surface area contributed by atoms with Gasteiger partial charge in [-0.15, -0.1) is 10.2 Å². The maximum Gasteiger partial charge on any atom is 0.206 e. The third-order valence-electron chi connectivity index (χ3n) is 5.81. The van der Waals surface area contributed by atoms with E-state index in [-0.39, 0.29) is 11.8 Å². The molecule has 34 heavy (non-hydrogen) atoms. The molecule has 1 aliphatic rings. The van der Waals surface area contributed by atoms with Crippen LogP contribution < -0.4 is 15.5 Å². The number of aromatic nitrogens is 4. The van der Waals surface area contributed by atoms with E-state index in [1.807, 2.05) is 43.3 Å². The Balaban J connectivity index is 1.55. The van der Waals surface area contributed by atoms with Gasteiger partial charge in [0.05, 0.1) is 17.9 Å². The van der Waals surface area contributed by atoms with Gasteiger partial charge in [0.15, 0.2) is 5.82 Å². The van der Waals surface area contributed by atoms with Gasteiger partial charge in [-0.25, -0.2) is 9.97 Å². The number of aromatic hydroxyl groups is 1. The molecule has 9 heteroatoms. The highest BCUT2D eigenvalue weighted by atomic mass is 16.3. The van der Waals surface area contributed by atoms with Crippen molar-refractivity contribution in [3.05, 3.63) is 48.4 Å². The Kier molecular flexibility index (Phi) is 7.09. The smallest absolute Gasteiger partial charge is 0.206 e. The summed E-state index contributed by atoms with van der Waals surface area (Å²) in [6.45, 7) is 5.17. The lowest BCUT2D eigenvalue weighted by molar-refractivity contribution is 0.464. The summed E-state index contributed by atoms with van der Waals surface area (Å²) in [6, 6.07) is 11.2. The molecule has 176 valence electrons. The van der Waals surface area contributed by atoms with Gasteiger partial charge in [0.1, 0.15) is 11.6 Å². The molecule has 3 heterocycles. The van der Waals surface area contributed by atoms with Gasteiger partial charge in [0.2, 0.25) is 5.82 Å². The molecule has 3 N–H and O–H groups in total. The van der Waals surface area contributed by atoms with Crippen LogP contribution in [0.3, 0.4) is 0 Å². The molecule has 9 nitrogen and oxygen atoms in total. The van der Waals surface area contributed by atoms with Crippen LogP contribution >= 0.6 is 0 Å². The van der Waals surface area contributed by atoms with Crippen LogP contribution in [0.25, 0.3) is 11.3 Å². The van der Waals surface area contributed by atoms with Crippen LogP contribution in [-0.4, -0.2) is 76.5 Å². The highest BCUT2D eigenvalue weighted by Gasteiger charge is 2.24. The van der Waals surface area contributed by atoms with E-state index in [1.54, 1.807) is 18.3 Å². The zero-order valence-corrected chi connectivity index (χ0v) is 19.8. The van der Waals surface area contributed by atoms with Gasteiger partial charge in [-0.1, -0.05) is 18.1 Å². The standard InChI is InChI=1S/C25H30N8O/c1-18-11-14-32(21-17-20(29-30-25(21)26)19-7-4-5-8-22(19)34)15-16-33(18)24-10-12-27-23(28-24)9-6-13-31(2)3/h4-5,7-8,10,12,17-18,34H,11,13-16H2,1-3H3,(H2,26,30)/t18-/m0/s1. The Morgan fingerprint density at radius 2 is 1.97 bits per heavy atom. The van der Waals surface area contributed by atoms with Gasteiger partial charge >= 0.3 is 0 Å². The van der Waals surface area contributed by atoms with Crippen molar-refractivity contribution in [2.45, 2.75) is 19.4 Å². The van der Waals surface area contributed by atoms with Crippen molar-refractivity contribution in [1.82, 2.24) is 25.1 Å². The molecule has 1 aromatic carbocycles. The van der Waals surface area contributed by atoms with Crippen molar-refractivity contribution in [3.8, 4) is 28.8 Å². The van der Waals surface area contributed by atoms with E-state index in [4.69, 9.17) is 10.7 Å². The van der Waals surface area contributed by atoms with Gasteiger partial charge in [-0.3, -0.25) is 4.90 Å². The molecule has 1 aliphatic heterocycles. The maximum atomic E-state index is 10.2. The lowest BCUT2D eigenvalue weighted by Crippen LogP contribution is -2.35. The molecule has 2 aromatic heterocycles. The van der Waals surface area contributed by atoms with Crippen LogP contribution in [0.5, 0.6) is 5.75 Å². The summed E-state index contributed by atoms with van der Waals surface area (Å²) >= 11 is 0. The van der Waals surface area contributed by atoms with Crippen molar-refractivity contribution < 1.29 is 5.11 Å². The van der Waals surface area contributed by atoms with Crippen LogP contribution in [0.4, 0.5) is 17.3 Å². The molecule has 0 saturated carbocycles. The molecule has 0 unspecified atom stereocenters. The predicted octanol–water partition coefficient (Wildman–Crippen LogP) is 2.24. The highest BCUT2D eigenvalue weighted by Crippen LogP contribution is 2.32. The number of anilines is 3. The van der Waals surface area contributed by atoms with Crippen LogP contribution in [0, 0.1) is 11.8 Å². The molecule has 1 saturated heterocycles. The quantitative estimate of drug-likeness (QED) is 0.569. The van der Waals surface area contributed by atoms with Crippen LogP contribution in [0.2, 0.25) is 0 Å². The first kappa shape index (κ1) is 23.3. The number of nitrogens with two attached hydrogens (primary N) is 1. The first-order valence-corrected chi connectivity index (χ1v) is 11.3. The van der Waals surface area contributed by atoms with Crippen molar-refractivity contribution in [3.63, 3.8) is 0 Å². The van der Waals surface area contributed by atoms with Crippen LogP contribution in [-0.2, 0) is 0 Å². The number of phenols is 1. The fourth-order valence-corrected chi connectivity index (χ4v) is 3.95. The Bertz CT molecular complexity index is 1200. The van der Waals surface area contributed by atoms with Gasteiger partial charge in [0.25, 0.3) is 0 Å². The Morgan fingerprint density at radius 3 is 2.76 bits per heavy atom. The highest BCUT2D eigenvalue weighted by molar-refractivity contribution is 5.74. The van der Waals surface area contributed by atoms with E-state index in [0.29, 0.717) is 29.4 Å². The van der Waals surface area contributed by atoms with Gasteiger partial charge < -0.3 is 20.6 Å². The fourth-order valence-electron chi connectivity index (χ4n) is 3.95. The molecule has 0 aliphatic carbocycles. The Morgan fingerprint density at radius 1 is 1.15 bits per heavy atom. The molecular formula is C25H30N8O. The number of nitrogen functional groups attached to an aromatic ring is 1. The van der Waals surface area contributed by atoms with E-state index in [9.17, 15) is 5.11 Å². The summed E-state index contributed by atoms with van der Waals surface area (Å²) in [7, 11) is 3.96. The number of hydrogen-bond donors (Lipinski definition) is 2. The average Bonchev–Trinajstić information content (AvgIpc) is 3.01. The van der Waals surface area contributed by atoms with E-state index in [0.717, 1.165) is 37.6 Å². The number of nitrogens with zero attached hydrogens (tertiary/aromatic N) is 7. The Hall–Kier alpha value is -3.90. The molecule has 0 spiro atoms. The molecule has 0 amide bonds. The third kappa shape index (κ3) is 5.35.